The Balaban J connectivity index is 1.97. The van der Waals surface area contributed by atoms with Crippen LogP contribution in [0.25, 0.3) is 11.1 Å². The minimum Gasteiger partial charge on any atom is -0.399 e. The first-order valence-corrected chi connectivity index (χ1v) is 7.09. The van der Waals surface area contributed by atoms with Crippen LogP contribution in [0.1, 0.15) is 24.3 Å². The Morgan fingerprint density at radius 3 is 2.55 bits per heavy atom. The summed E-state index contributed by atoms with van der Waals surface area (Å²) in [6, 6.07) is 13.0. The molecule has 1 fully saturated rings. The quantitative estimate of drug-likeness (QED) is 0.819. The number of hydrogen-bond acceptors (Lipinski definition) is 2. The number of benzene rings is 2. The molecule has 0 unspecified atom stereocenters. The van der Waals surface area contributed by atoms with Gasteiger partial charge in [0.2, 0.25) is 0 Å². The lowest BCUT2D eigenvalue weighted by molar-refractivity contribution is 0.458. The highest BCUT2D eigenvalue weighted by molar-refractivity contribution is 5.68. The van der Waals surface area contributed by atoms with E-state index >= 15 is 0 Å². The van der Waals surface area contributed by atoms with E-state index in [0.717, 1.165) is 42.6 Å². The summed E-state index contributed by atoms with van der Waals surface area (Å²) in [6.45, 7) is 2.02. The van der Waals surface area contributed by atoms with Crippen LogP contribution in [0, 0.1) is 5.82 Å². The second-order valence-corrected chi connectivity index (χ2v) is 5.42. The highest BCUT2D eigenvalue weighted by atomic mass is 19.1. The number of nitrogen functional groups attached to an aromatic ring is 1. The van der Waals surface area contributed by atoms with Gasteiger partial charge in [-0.2, -0.15) is 0 Å². The number of piperidine rings is 1. The Bertz CT molecular complexity index is 604. The zero-order chi connectivity index (χ0) is 13.9. The molecule has 104 valence electrons. The molecule has 2 aromatic rings. The number of nitrogens with one attached hydrogen (secondary N) is 1. The van der Waals surface area contributed by atoms with Gasteiger partial charge in [-0.15, -0.1) is 0 Å². The van der Waals surface area contributed by atoms with Crippen LogP contribution in [0.15, 0.2) is 42.5 Å². The lowest BCUT2D eigenvalue weighted by atomic mass is 9.88. The molecule has 2 nitrogen and oxygen atoms in total. The minimum atomic E-state index is -0.168. The average molecular weight is 270 g/mol. The van der Waals surface area contributed by atoms with Crippen molar-refractivity contribution in [1.82, 2.24) is 5.32 Å². The summed E-state index contributed by atoms with van der Waals surface area (Å²) in [4.78, 5) is 0. The van der Waals surface area contributed by atoms with Crippen molar-refractivity contribution in [2.24, 2.45) is 0 Å². The highest BCUT2D eigenvalue weighted by Gasteiger charge is 2.16. The number of anilines is 1. The lowest BCUT2D eigenvalue weighted by Gasteiger charge is -2.23. The lowest BCUT2D eigenvalue weighted by Crippen LogP contribution is -2.26. The van der Waals surface area contributed by atoms with Crippen molar-refractivity contribution in [3.05, 3.63) is 53.8 Å². The maximum atomic E-state index is 13.9. The molecule has 3 N–H and O–H groups in total. The summed E-state index contributed by atoms with van der Waals surface area (Å²) in [5, 5.41) is 3.34. The van der Waals surface area contributed by atoms with E-state index in [1.165, 1.54) is 0 Å². The summed E-state index contributed by atoms with van der Waals surface area (Å²) >= 11 is 0. The summed E-state index contributed by atoms with van der Waals surface area (Å²) in [5.74, 6) is 0.283. The van der Waals surface area contributed by atoms with Gasteiger partial charge < -0.3 is 11.1 Å². The van der Waals surface area contributed by atoms with Crippen molar-refractivity contribution in [2.45, 2.75) is 18.8 Å². The van der Waals surface area contributed by atoms with Gasteiger partial charge in [0.15, 0.2) is 0 Å². The molecule has 3 rings (SSSR count). The van der Waals surface area contributed by atoms with Crippen molar-refractivity contribution < 1.29 is 4.39 Å². The van der Waals surface area contributed by atoms with Crippen LogP contribution < -0.4 is 11.1 Å². The molecule has 1 heterocycles. The molecule has 3 heteroatoms. The van der Waals surface area contributed by atoms with Crippen LogP contribution >= 0.6 is 0 Å². The van der Waals surface area contributed by atoms with Crippen molar-refractivity contribution in [1.29, 1.82) is 0 Å². The van der Waals surface area contributed by atoms with E-state index in [4.69, 9.17) is 5.73 Å². The van der Waals surface area contributed by atoms with Crippen molar-refractivity contribution in [2.75, 3.05) is 18.8 Å². The Kier molecular flexibility index (Phi) is 3.70. The third-order valence-electron chi connectivity index (χ3n) is 3.95. The molecule has 1 aliphatic heterocycles. The topological polar surface area (TPSA) is 38.0 Å². The third-order valence-corrected chi connectivity index (χ3v) is 3.95. The Hall–Kier alpha value is -1.87. The molecule has 1 saturated heterocycles. The van der Waals surface area contributed by atoms with Crippen LogP contribution in [-0.4, -0.2) is 13.1 Å². The van der Waals surface area contributed by atoms with Gasteiger partial charge in [-0.25, -0.2) is 4.39 Å². The Morgan fingerprint density at radius 2 is 1.80 bits per heavy atom. The van der Waals surface area contributed by atoms with E-state index in [0.29, 0.717) is 11.6 Å². The number of rotatable bonds is 2. The first-order valence-electron chi connectivity index (χ1n) is 7.09. The molecule has 0 bridgehead atoms. The van der Waals surface area contributed by atoms with Gasteiger partial charge in [0.25, 0.3) is 0 Å². The fraction of sp³-hybridized carbons (Fsp3) is 0.294. The maximum absolute atomic E-state index is 13.9. The summed E-state index contributed by atoms with van der Waals surface area (Å²) in [6.07, 6.45) is 2.14. The molecule has 0 atom stereocenters. The second kappa shape index (κ2) is 5.63. The van der Waals surface area contributed by atoms with Gasteiger partial charge in [0.1, 0.15) is 5.82 Å². The van der Waals surface area contributed by atoms with Crippen LogP contribution in [-0.2, 0) is 0 Å². The number of nitrogens with two attached hydrogens (primary N) is 1. The van der Waals surface area contributed by atoms with Gasteiger partial charge in [0.05, 0.1) is 0 Å². The molecular weight excluding hydrogens is 251 g/mol. The molecule has 2 aromatic carbocycles. The fourth-order valence-corrected chi connectivity index (χ4v) is 2.89. The highest BCUT2D eigenvalue weighted by Crippen LogP contribution is 2.30. The van der Waals surface area contributed by atoms with Gasteiger partial charge in [-0.3, -0.25) is 0 Å². The van der Waals surface area contributed by atoms with E-state index in [1.807, 2.05) is 24.3 Å². The van der Waals surface area contributed by atoms with Crippen LogP contribution in [0.2, 0.25) is 0 Å². The summed E-state index contributed by atoms with van der Waals surface area (Å²) in [7, 11) is 0. The minimum absolute atomic E-state index is 0.168. The monoisotopic (exact) mass is 270 g/mol. The fourth-order valence-electron chi connectivity index (χ4n) is 2.89. The zero-order valence-corrected chi connectivity index (χ0v) is 11.4. The summed E-state index contributed by atoms with van der Waals surface area (Å²) in [5.41, 5.74) is 9.50. The molecule has 0 aliphatic carbocycles. The van der Waals surface area contributed by atoms with E-state index in [-0.39, 0.29) is 5.82 Å². The largest absolute Gasteiger partial charge is 0.399 e. The van der Waals surface area contributed by atoms with E-state index in [1.54, 1.807) is 12.1 Å². The van der Waals surface area contributed by atoms with E-state index < -0.39 is 0 Å². The normalized spacial score (nSPS) is 16.2. The van der Waals surface area contributed by atoms with E-state index in [2.05, 4.69) is 11.4 Å². The van der Waals surface area contributed by atoms with Crippen LogP contribution in [0.3, 0.4) is 0 Å². The molecule has 1 aliphatic rings. The SMILES string of the molecule is Nc1cccc(-c2cc(F)cc(C3CCNCC3)c2)c1. The first kappa shape index (κ1) is 13.1. The molecule has 0 amide bonds. The van der Waals surface area contributed by atoms with Crippen molar-refractivity contribution >= 4 is 5.69 Å². The van der Waals surface area contributed by atoms with Gasteiger partial charge in [-0.05, 0) is 72.8 Å². The van der Waals surface area contributed by atoms with Crippen molar-refractivity contribution in [3.8, 4) is 11.1 Å². The standard InChI is InChI=1S/C17H19FN2/c18-16-9-14(12-4-6-20-7-5-12)8-15(10-16)13-2-1-3-17(19)11-13/h1-3,8-12,20H,4-7,19H2. The third kappa shape index (κ3) is 2.83. The maximum Gasteiger partial charge on any atom is 0.124 e. The van der Waals surface area contributed by atoms with Crippen molar-refractivity contribution in [3.63, 3.8) is 0 Å². The molecule has 20 heavy (non-hydrogen) atoms. The Morgan fingerprint density at radius 1 is 1.00 bits per heavy atom. The van der Waals surface area contributed by atoms with E-state index in [9.17, 15) is 4.39 Å². The summed E-state index contributed by atoms with van der Waals surface area (Å²) < 4.78 is 13.9. The predicted molar refractivity (Wildman–Crippen MR) is 81.1 cm³/mol. The molecule has 0 aromatic heterocycles. The van der Waals surface area contributed by atoms with Crippen LogP contribution in [0.5, 0.6) is 0 Å². The molecule has 0 radical (unpaired) electrons. The first-order chi connectivity index (χ1) is 9.72. The smallest absolute Gasteiger partial charge is 0.124 e. The predicted octanol–water partition coefficient (Wildman–Crippen LogP) is 3.54. The molecular formula is C17H19FN2. The second-order valence-electron chi connectivity index (χ2n) is 5.42. The molecule has 0 saturated carbocycles. The average Bonchev–Trinajstić information content (AvgIpc) is 2.47. The van der Waals surface area contributed by atoms with Gasteiger partial charge in [-0.1, -0.05) is 18.2 Å². The number of hydrogen-bond donors (Lipinski definition) is 2. The number of halogens is 1. The van der Waals surface area contributed by atoms with Crippen LogP contribution in [0.4, 0.5) is 10.1 Å². The Labute approximate surface area is 118 Å². The van der Waals surface area contributed by atoms with Gasteiger partial charge in [0, 0.05) is 5.69 Å². The van der Waals surface area contributed by atoms with Gasteiger partial charge >= 0.3 is 0 Å². The molecule has 0 spiro atoms. The zero-order valence-electron chi connectivity index (χ0n) is 11.4.